The Kier molecular flexibility index (Phi) is 6.80. The second kappa shape index (κ2) is 9.32. The lowest BCUT2D eigenvalue weighted by atomic mass is 10.1. The Morgan fingerprint density at radius 2 is 1.57 bits per heavy atom. The van der Waals surface area contributed by atoms with Gasteiger partial charge >= 0.3 is 0 Å². The molecule has 0 aliphatic carbocycles. The number of para-hydroxylation sites is 1. The molecule has 3 rings (SSSR count). The molecule has 3 aromatic rings. The third-order valence-electron chi connectivity index (χ3n) is 4.69. The number of carbonyl (C=O) groups excluding carboxylic acids is 1. The van der Waals surface area contributed by atoms with E-state index in [9.17, 15) is 13.2 Å². The van der Waals surface area contributed by atoms with Gasteiger partial charge in [0.2, 0.25) is 5.91 Å². The van der Waals surface area contributed by atoms with Crippen molar-refractivity contribution in [1.29, 1.82) is 0 Å². The summed E-state index contributed by atoms with van der Waals surface area (Å²) in [5.74, 6) is -0.399. The number of sulfonamides is 1. The standard InChI is InChI=1S/C23H23ClN2O3S/c1-17-8-10-19(11-9-17)18(2)25-23(27)16-26(21-6-4-3-5-7-21)30(28,29)22-14-12-20(24)13-15-22/h3-15,18H,16H2,1-2H3,(H,25,27)/t18-/m0/s1. The van der Waals surface area contributed by atoms with Crippen LogP contribution in [-0.4, -0.2) is 20.9 Å². The van der Waals surface area contributed by atoms with E-state index in [0.717, 1.165) is 15.4 Å². The molecule has 0 fully saturated rings. The maximum Gasteiger partial charge on any atom is 0.264 e. The van der Waals surface area contributed by atoms with E-state index in [1.807, 2.05) is 38.1 Å². The van der Waals surface area contributed by atoms with Crippen molar-refractivity contribution in [3.63, 3.8) is 0 Å². The topological polar surface area (TPSA) is 66.5 Å². The van der Waals surface area contributed by atoms with Crippen molar-refractivity contribution in [3.05, 3.63) is 95.0 Å². The van der Waals surface area contributed by atoms with Gasteiger partial charge in [0.05, 0.1) is 16.6 Å². The summed E-state index contributed by atoms with van der Waals surface area (Å²) in [5, 5.41) is 3.32. The summed E-state index contributed by atoms with van der Waals surface area (Å²) in [5.41, 5.74) is 2.48. The van der Waals surface area contributed by atoms with Gasteiger partial charge in [0.25, 0.3) is 10.0 Å². The van der Waals surface area contributed by atoms with E-state index in [1.54, 1.807) is 30.3 Å². The molecule has 1 amide bonds. The monoisotopic (exact) mass is 442 g/mol. The molecule has 0 spiro atoms. The lowest BCUT2D eigenvalue weighted by molar-refractivity contribution is -0.120. The number of anilines is 1. The first-order chi connectivity index (χ1) is 14.3. The molecule has 0 aliphatic rings. The molecular formula is C23H23ClN2O3S. The van der Waals surface area contributed by atoms with Crippen LogP contribution < -0.4 is 9.62 Å². The zero-order valence-electron chi connectivity index (χ0n) is 16.7. The summed E-state index contributed by atoms with van der Waals surface area (Å²) < 4.78 is 27.7. The van der Waals surface area contributed by atoms with Gasteiger partial charge in [-0.1, -0.05) is 59.6 Å². The number of hydrogen-bond donors (Lipinski definition) is 1. The zero-order chi connectivity index (χ0) is 21.7. The van der Waals surface area contributed by atoms with Crippen LogP contribution in [0.4, 0.5) is 5.69 Å². The third kappa shape index (κ3) is 5.20. The van der Waals surface area contributed by atoms with Crippen LogP contribution in [0.3, 0.4) is 0 Å². The van der Waals surface area contributed by atoms with E-state index in [2.05, 4.69) is 5.32 Å². The van der Waals surface area contributed by atoms with Gasteiger partial charge < -0.3 is 5.32 Å². The Morgan fingerprint density at radius 1 is 0.967 bits per heavy atom. The van der Waals surface area contributed by atoms with Gasteiger partial charge in [-0.15, -0.1) is 0 Å². The van der Waals surface area contributed by atoms with Crippen molar-refractivity contribution < 1.29 is 13.2 Å². The molecule has 0 heterocycles. The van der Waals surface area contributed by atoms with Crippen molar-refractivity contribution in [2.24, 2.45) is 0 Å². The van der Waals surface area contributed by atoms with E-state index in [0.29, 0.717) is 10.7 Å². The number of nitrogens with zero attached hydrogens (tertiary/aromatic N) is 1. The van der Waals surface area contributed by atoms with Crippen LogP contribution in [0.5, 0.6) is 0 Å². The van der Waals surface area contributed by atoms with Gasteiger partial charge in [-0.25, -0.2) is 8.42 Å². The molecule has 5 nitrogen and oxygen atoms in total. The number of nitrogens with one attached hydrogen (secondary N) is 1. The highest BCUT2D eigenvalue weighted by Gasteiger charge is 2.27. The van der Waals surface area contributed by atoms with E-state index >= 15 is 0 Å². The molecule has 0 saturated heterocycles. The van der Waals surface area contributed by atoms with Crippen LogP contribution >= 0.6 is 11.6 Å². The summed E-state index contributed by atoms with van der Waals surface area (Å²) in [6, 6.07) is 22.0. The summed E-state index contributed by atoms with van der Waals surface area (Å²) in [7, 11) is -3.96. The van der Waals surface area contributed by atoms with Gasteiger partial charge in [0.1, 0.15) is 6.54 Å². The highest BCUT2D eigenvalue weighted by Crippen LogP contribution is 2.24. The minimum atomic E-state index is -3.96. The second-order valence-electron chi connectivity index (χ2n) is 7.00. The summed E-state index contributed by atoms with van der Waals surface area (Å²) in [6.45, 7) is 3.51. The van der Waals surface area contributed by atoms with Crippen LogP contribution in [0.25, 0.3) is 0 Å². The normalized spacial score (nSPS) is 12.2. The number of benzene rings is 3. The SMILES string of the molecule is Cc1ccc([C@H](C)NC(=O)CN(c2ccccc2)S(=O)(=O)c2ccc(Cl)cc2)cc1. The Bertz CT molecular complexity index is 1100. The summed E-state index contributed by atoms with van der Waals surface area (Å²) >= 11 is 5.90. The average Bonchev–Trinajstić information content (AvgIpc) is 2.73. The van der Waals surface area contributed by atoms with Crippen LogP contribution in [0.15, 0.2) is 83.8 Å². The fraction of sp³-hybridized carbons (Fsp3) is 0.174. The number of carbonyl (C=O) groups is 1. The van der Waals surface area contributed by atoms with E-state index in [-0.39, 0.29) is 17.5 Å². The van der Waals surface area contributed by atoms with Gasteiger partial charge in [-0.05, 0) is 55.8 Å². The van der Waals surface area contributed by atoms with Gasteiger partial charge in [-0.2, -0.15) is 0 Å². The Balaban J connectivity index is 1.85. The van der Waals surface area contributed by atoms with Gasteiger partial charge in [-0.3, -0.25) is 9.10 Å². The number of rotatable bonds is 7. The number of aryl methyl sites for hydroxylation is 1. The lowest BCUT2D eigenvalue weighted by Gasteiger charge is -2.25. The number of halogens is 1. The van der Waals surface area contributed by atoms with E-state index in [4.69, 9.17) is 11.6 Å². The third-order valence-corrected chi connectivity index (χ3v) is 6.73. The molecule has 7 heteroatoms. The zero-order valence-corrected chi connectivity index (χ0v) is 18.3. The van der Waals surface area contributed by atoms with E-state index < -0.39 is 15.9 Å². The molecule has 156 valence electrons. The number of amides is 1. The predicted octanol–water partition coefficient (Wildman–Crippen LogP) is 4.72. The van der Waals surface area contributed by atoms with Crippen molar-refractivity contribution in [3.8, 4) is 0 Å². The maximum atomic E-state index is 13.3. The van der Waals surface area contributed by atoms with Crippen molar-refractivity contribution in [1.82, 2.24) is 5.32 Å². The highest BCUT2D eigenvalue weighted by atomic mass is 35.5. The van der Waals surface area contributed by atoms with Crippen molar-refractivity contribution >= 4 is 33.2 Å². The van der Waals surface area contributed by atoms with Gasteiger partial charge in [0, 0.05) is 5.02 Å². The Hall–Kier alpha value is -2.83. The molecule has 0 aromatic heterocycles. The molecule has 1 atom stereocenters. The van der Waals surface area contributed by atoms with Crippen molar-refractivity contribution in [2.75, 3.05) is 10.8 Å². The molecule has 1 N–H and O–H groups in total. The van der Waals surface area contributed by atoms with Crippen LogP contribution in [0.2, 0.25) is 5.02 Å². The molecule has 0 bridgehead atoms. The molecule has 0 saturated carbocycles. The van der Waals surface area contributed by atoms with Gasteiger partial charge in [0.15, 0.2) is 0 Å². The fourth-order valence-corrected chi connectivity index (χ4v) is 4.55. The van der Waals surface area contributed by atoms with Crippen molar-refractivity contribution in [2.45, 2.75) is 24.8 Å². The molecule has 0 aliphatic heterocycles. The maximum absolute atomic E-state index is 13.3. The molecule has 0 unspecified atom stereocenters. The molecule has 0 radical (unpaired) electrons. The first kappa shape index (κ1) is 21.9. The minimum Gasteiger partial charge on any atom is -0.348 e. The molecule has 3 aromatic carbocycles. The smallest absolute Gasteiger partial charge is 0.264 e. The average molecular weight is 443 g/mol. The Morgan fingerprint density at radius 3 is 2.17 bits per heavy atom. The second-order valence-corrected chi connectivity index (χ2v) is 9.30. The van der Waals surface area contributed by atoms with E-state index in [1.165, 1.54) is 24.3 Å². The first-order valence-corrected chi connectivity index (χ1v) is 11.3. The summed E-state index contributed by atoms with van der Waals surface area (Å²) in [6.07, 6.45) is 0. The quantitative estimate of drug-likeness (QED) is 0.575. The van der Waals surface area contributed by atoms with Crippen LogP contribution in [0.1, 0.15) is 24.1 Å². The predicted molar refractivity (Wildman–Crippen MR) is 120 cm³/mol. The fourth-order valence-electron chi connectivity index (χ4n) is 3.00. The highest BCUT2D eigenvalue weighted by molar-refractivity contribution is 7.92. The number of hydrogen-bond acceptors (Lipinski definition) is 3. The van der Waals surface area contributed by atoms with Crippen LogP contribution in [-0.2, 0) is 14.8 Å². The van der Waals surface area contributed by atoms with Crippen LogP contribution in [0, 0.1) is 6.92 Å². The summed E-state index contributed by atoms with van der Waals surface area (Å²) in [4.78, 5) is 12.8. The largest absolute Gasteiger partial charge is 0.348 e. The minimum absolute atomic E-state index is 0.0649. The Labute approximate surface area is 182 Å². The molecular weight excluding hydrogens is 420 g/mol. The molecule has 30 heavy (non-hydrogen) atoms. The first-order valence-electron chi connectivity index (χ1n) is 9.46. The lowest BCUT2D eigenvalue weighted by Crippen LogP contribution is -2.41.